The number of carbonyl (C=O) groups excluding carboxylic acids is 1. The van der Waals surface area contributed by atoms with Gasteiger partial charge in [-0.2, -0.15) is 0 Å². The van der Waals surface area contributed by atoms with Crippen LogP contribution in [0.5, 0.6) is 11.5 Å². The monoisotopic (exact) mass is 421 g/mol. The number of carbonyl (C=O) groups is 1. The smallest absolute Gasteiger partial charge is 0.255 e. The van der Waals surface area contributed by atoms with Crippen LogP contribution >= 0.6 is 11.3 Å². The van der Waals surface area contributed by atoms with E-state index in [-0.39, 0.29) is 5.91 Å². The minimum absolute atomic E-state index is 0.204. The second kappa shape index (κ2) is 8.59. The summed E-state index contributed by atoms with van der Waals surface area (Å²) in [7, 11) is 0. The van der Waals surface area contributed by atoms with Gasteiger partial charge in [-0.1, -0.05) is 12.1 Å². The molecule has 7 heteroatoms. The van der Waals surface area contributed by atoms with Gasteiger partial charge in [0.1, 0.15) is 0 Å². The van der Waals surface area contributed by atoms with Crippen LogP contribution in [0.25, 0.3) is 16.2 Å². The highest BCUT2D eigenvalue weighted by molar-refractivity contribution is 7.15. The highest BCUT2D eigenvalue weighted by Crippen LogP contribution is 2.29. The lowest BCUT2D eigenvalue weighted by atomic mass is 10.1. The summed E-state index contributed by atoms with van der Waals surface area (Å²) in [5.74, 6) is 0.998. The predicted molar refractivity (Wildman–Crippen MR) is 120 cm³/mol. The van der Waals surface area contributed by atoms with Crippen LogP contribution in [-0.2, 0) is 0 Å². The number of hydrogen-bond donors (Lipinski definition) is 1. The normalized spacial score (nSPS) is 10.9. The molecule has 154 valence electrons. The van der Waals surface area contributed by atoms with Gasteiger partial charge >= 0.3 is 0 Å². The Balaban J connectivity index is 1.50. The lowest BCUT2D eigenvalue weighted by molar-refractivity contribution is 0.102. The van der Waals surface area contributed by atoms with Crippen LogP contribution in [0.4, 0.5) is 5.69 Å². The van der Waals surface area contributed by atoms with E-state index in [1.54, 1.807) is 29.5 Å². The largest absolute Gasteiger partial charge is 0.490 e. The van der Waals surface area contributed by atoms with Crippen LogP contribution in [0.15, 0.2) is 54.0 Å². The lowest BCUT2D eigenvalue weighted by Crippen LogP contribution is -2.12. The molecule has 0 bridgehead atoms. The van der Waals surface area contributed by atoms with E-state index < -0.39 is 0 Å². The summed E-state index contributed by atoms with van der Waals surface area (Å²) < 4.78 is 13.2. The second-order valence-electron chi connectivity index (χ2n) is 6.71. The first-order valence-electron chi connectivity index (χ1n) is 9.83. The molecule has 4 aromatic rings. The third kappa shape index (κ3) is 4.02. The van der Waals surface area contributed by atoms with E-state index in [1.807, 2.05) is 44.3 Å². The minimum atomic E-state index is -0.204. The number of aromatic nitrogens is 2. The van der Waals surface area contributed by atoms with Gasteiger partial charge < -0.3 is 14.8 Å². The molecule has 1 N–H and O–H groups in total. The van der Waals surface area contributed by atoms with E-state index in [0.717, 1.165) is 16.2 Å². The number of rotatable bonds is 7. The van der Waals surface area contributed by atoms with Crippen molar-refractivity contribution in [1.29, 1.82) is 0 Å². The number of aryl methyl sites for hydroxylation is 1. The predicted octanol–water partition coefficient (Wildman–Crippen LogP) is 5.42. The highest BCUT2D eigenvalue weighted by Gasteiger charge is 2.13. The van der Waals surface area contributed by atoms with Gasteiger partial charge in [0.2, 0.25) is 0 Å². The molecule has 0 unspecified atom stereocenters. The Morgan fingerprint density at radius 1 is 1.07 bits per heavy atom. The molecule has 0 spiro atoms. The Morgan fingerprint density at radius 2 is 1.80 bits per heavy atom. The maximum atomic E-state index is 12.7. The lowest BCUT2D eigenvalue weighted by Gasteiger charge is -2.12. The fraction of sp³-hybridized carbons (Fsp3) is 0.217. The van der Waals surface area contributed by atoms with Crippen LogP contribution < -0.4 is 14.8 Å². The van der Waals surface area contributed by atoms with Crippen molar-refractivity contribution in [3.05, 3.63) is 65.3 Å². The van der Waals surface area contributed by atoms with E-state index in [0.29, 0.717) is 36.0 Å². The van der Waals surface area contributed by atoms with Gasteiger partial charge in [0, 0.05) is 34.1 Å². The van der Waals surface area contributed by atoms with E-state index in [9.17, 15) is 4.79 Å². The molecule has 0 aliphatic heterocycles. The van der Waals surface area contributed by atoms with E-state index >= 15 is 0 Å². The molecule has 0 saturated carbocycles. The fourth-order valence-electron chi connectivity index (χ4n) is 3.15. The summed E-state index contributed by atoms with van der Waals surface area (Å²) in [5.41, 5.74) is 4.31. The van der Waals surface area contributed by atoms with Crippen molar-refractivity contribution in [2.75, 3.05) is 18.5 Å². The molecule has 1 amide bonds. The minimum Gasteiger partial charge on any atom is -0.490 e. The number of imidazole rings is 1. The summed E-state index contributed by atoms with van der Waals surface area (Å²) in [6.07, 6.45) is 2.03. The van der Waals surface area contributed by atoms with Crippen molar-refractivity contribution in [2.45, 2.75) is 20.8 Å². The van der Waals surface area contributed by atoms with Gasteiger partial charge in [0.05, 0.1) is 18.9 Å². The zero-order valence-electron chi connectivity index (χ0n) is 17.1. The summed E-state index contributed by atoms with van der Waals surface area (Å²) >= 11 is 1.62. The van der Waals surface area contributed by atoms with Gasteiger partial charge in [-0.3, -0.25) is 9.20 Å². The van der Waals surface area contributed by atoms with Crippen molar-refractivity contribution in [2.24, 2.45) is 0 Å². The number of benzene rings is 2. The molecule has 0 aliphatic rings. The first-order chi connectivity index (χ1) is 14.6. The number of thiazole rings is 1. The van der Waals surface area contributed by atoms with E-state index in [2.05, 4.69) is 27.0 Å². The molecule has 0 fully saturated rings. The average molecular weight is 422 g/mol. The summed E-state index contributed by atoms with van der Waals surface area (Å²) in [6, 6.07) is 12.9. The SMILES string of the molecule is CCOc1ccc(C(=O)Nc2ccc(-c3cn4c(C)csc4n3)cc2)cc1OCC. The van der Waals surface area contributed by atoms with Crippen LogP contribution in [-0.4, -0.2) is 28.5 Å². The molecular formula is C23H23N3O3S. The molecule has 0 atom stereocenters. The number of nitrogens with one attached hydrogen (secondary N) is 1. The Morgan fingerprint density at radius 3 is 2.50 bits per heavy atom. The molecular weight excluding hydrogens is 398 g/mol. The molecule has 2 heterocycles. The molecule has 0 radical (unpaired) electrons. The van der Waals surface area contributed by atoms with Gasteiger partial charge in [-0.15, -0.1) is 11.3 Å². The molecule has 0 aliphatic carbocycles. The first-order valence-corrected chi connectivity index (χ1v) is 10.7. The van der Waals surface area contributed by atoms with Crippen molar-refractivity contribution >= 4 is 27.9 Å². The molecule has 30 heavy (non-hydrogen) atoms. The number of fused-ring (bicyclic) bond motifs is 1. The Hall–Kier alpha value is -3.32. The van der Waals surface area contributed by atoms with Crippen LogP contribution in [0.3, 0.4) is 0 Å². The van der Waals surface area contributed by atoms with E-state index in [1.165, 1.54) is 5.69 Å². The van der Waals surface area contributed by atoms with Gasteiger partial charge in [0.25, 0.3) is 5.91 Å². The Bertz CT molecular complexity index is 1180. The topological polar surface area (TPSA) is 64.9 Å². The Kier molecular flexibility index (Phi) is 5.72. The third-order valence-electron chi connectivity index (χ3n) is 4.63. The van der Waals surface area contributed by atoms with Crippen LogP contribution in [0, 0.1) is 6.92 Å². The fourth-order valence-corrected chi connectivity index (χ4v) is 4.00. The third-order valence-corrected chi connectivity index (χ3v) is 5.59. The number of amides is 1. The zero-order chi connectivity index (χ0) is 21.1. The molecule has 2 aromatic heterocycles. The first kappa shape index (κ1) is 20.0. The standard InChI is InChI=1S/C23H23N3O3S/c1-4-28-20-11-8-17(12-21(20)29-5-2)22(27)24-18-9-6-16(7-10-18)19-13-26-15(3)14-30-23(26)25-19/h6-14H,4-5H2,1-3H3,(H,24,27). The number of ether oxygens (including phenoxy) is 2. The van der Waals surface area contributed by atoms with Crippen LogP contribution in [0.1, 0.15) is 29.9 Å². The van der Waals surface area contributed by atoms with Crippen molar-refractivity contribution in [3.8, 4) is 22.8 Å². The zero-order valence-corrected chi connectivity index (χ0v) is 18.0. The highest BCUT2D eigenvalue weighted by atomic mass is 32.1. The van der Waals surface area contributed by atoms with Crippen molar-refractivity contribution < 1.29 is 14.3 Å². The molecule has 6 nitrogen and oxygen atoms in total. The summed E-state index contributed by atoms with van der Waals surface area (Å²) in [5, 5.41) is 5.02. The molecule has 4 rings (SSSR count). The van der Waals surface area contributed by atoms with Gasteiger partial charge in [0.15, 0.2) is 16.5 Å². The number of hydrogen-bond acceptors (Lipinski definition) is 5. The van der Waals surface area contributed by atoms with Crippen molar-refractivity contribution in [3.63, 3.8) is 0 Å². The second-order valence-corrected chi connectivity index (χ2v) is 7.55. The van der Waals surface area contributed by atoms with Gasteiger partial charge in [-0.05, 0) is 51.1 Å². The molecule has 0 saturated heterocycles. The average Bonchev–Trinajstić information content (AvgIpc) is 3.32. The number of anilines is 1. The number of nitrogens with zero attached hydrogens (tertiary/aromatic N) is 2. The van der Waals surface area contributed by atoms with Gasteiger partial charge in [-0.25, -0.2) is 4.98 Å². The summed E-state index contributed by atoms with van der Waals surface area (Å²) in [6.45, 7) is 6.90. The van der Waals surface area contributed by atoms with E-state index in [4.69, 9.17) is 9.47 Å². The maximum absolute atomic E-state index is 12.7. The summed E-state index contributed by atoms with van der Waals surface area (Å²) in [4.78, 5) is 18.3. The Labute approximate surface area is 179 Å². The molecule has 2 aromatic carbocycles. The quantitative estimate of drug-likeness (QED) is 0.433. The van der Waals surface area contributed by atoms with Crippen molar-refractivity contribution in [1.82, 2.24) is 9.38 Å². The maximum Gasteiger partial charge on any atom is 0.255 e. The van der Waals surface area contributed by atoms with Crippen LogP contribution in [0.2, 0.25) is 0 Å².